The van der Waals surface area contributed by atoms with Crippen LogP contribution in [0.3, 0.4) is 0 Å². The molecule has 3 nitrogen and oxygen atoms in total. The van der Waals surface area contributed by atoms with E-state index in [1.54, 1.807) is 0 Å². The predicted octanol–water partition coefficient (Wildman–Crippen LogP) is 3.21. The molecule has 0 aromatic heterocycles. The van der Waals surface area contributed by atoms with E-state index in [2.05, 4.69) is 18.4 Å². The molecule has 0 unspecified atom stereocenters. The third-order valence-electron chi connectivity index (χ3n) is 9.58. The lowest BCUT2D eigenvalue weighted by atomic mass is 9.39. The van der Waals surface area contributed by atoms with Crippen molar-refractivity contribution in [3.8, 4) is 0 Å². The Morgan fingerprint density at radius 2 is 1.92 bits per heavy atom. The summed E-state index contributed by atoms with van der Waals surface area (Å²) in [5.74, 6) is 2.05. The van der Waals surface area contributed by atoms with Gasteiger partial charge in [-0.05, 0) is 79.1 Å². The number of nitrogens with zero attached hydrogens (tertiary/aromatic N) is 1. The molecule has 0 aromatic carbocycles. The van der Waals surface area contributed by atoms with Crippen LogP contribution in [0, 0.1) is 34.0 Å². The molecule has 4 bridgehead atoms. The van der Waals surface area contributed by atoms with Crippen LogP contribution in [-0.4, -0.2) is 47.5 Å². The molecule has 5 rings (SSSR count). The van der Waals surface area contributed by atoms with Gasteiger partial charge in [0.2, 0.25) is 0 Å². The average Bonchev–Trinajstić information content (AvgIpc) is 2.74. The molecule has 5 aliphatic rings. The predicted molar refractivity (Wildman–Crippen MR) is 99.1 cm³/mol. The Hall–Kier alpha value is -0.380. The van der Waals surface area contributed by atoms with E-state index >= 15 is 0 Å². The third kappa shape index (κ3) is 1.98. The fourth-order valence-corrected chi connectivity index (χ4v) is 8.94. The maximum atomic E-state index is 11.2. The second kappa shape index (κ2) is 5.33. The first-order chi connectivity index (χ1) is 12.0. The standard InChI is InChI=1S/C22H35NO2/c1-15-16-4-5-18-21(12-16,19(15)25)9-6-17-20(2)7-3-8-22(17,18)14-23(13-20)10-11-24/h16-19,24-25H,1,3-14H2,2H3/t16-,17-,18-,19-,20+,21-,22+/m1/s1. The van der Waals surface area contributed by atoms with Gasteiger partial charge in [0.05, 0.1) is 12.7 Å². The van der Waals surface area contributed by atoms with Gasteiger partial charge in [0, 0.05) is 25.0 Å². The van der Waals surface area contributed by atoms with Gasteiger partial charge in [-0.25, -0.2) is 0 Å². The summed E-state index contributed by atoms with van der Waals surface area (Å²) in [4.78, 5) is 2.57. The first-order valence-corrected chi connectivity index (χ1v) is 10.7. The summed E-state index contributed by atoms with van der Waals surface area (Å²) in [5.41, 5.74) is 2.05. The molecule has 5 fully saturated rings. The number of likely N-dealkylation sites (tertiary alicyclic amines) is 1. The number of aliphatic hydroxyl groups is 2. The van der Waals surface area contributed by atoms with Crippen LogP contribution in [0.2, 0.25) is 0 Å². The molecule has 1 heterocycles. The Labute approximate surface area is 152 Å². The zero-order valence-corrected chi connectivity index (χ0v) is 15.8. The fourth-order valence-electron chi connectivity index (χ4n) is 8.94. The molecule has 0 aromatic rings. The first-order valence-electron chi connectivity index (χ1n) is 10.7. The van der Waals surface area contributed by atoms with Crippen molar-refractivity contribution in [1.29, 1.82) is 0 Å². The van der Waals surface area contributed by atoms with Crippen LogP contribution in [-0.2, 0) is 0 Å². The molecule has 2 N–H and O–H groups in total. The van der Waals surface area contributed by atoms with E-state index in [1.807, 2.05) is 0 Å². The summed E-state index contributed by atoms with van der Waals surface area (Å²) < 4.78 is 0. The molecule has 4 saturated carbocycles. The average molecular weight is 346 g/mol. The zero-order chi connectivity index (χ0) is 17.4. The van der Waals surface area contributed by atoms with Gasteiger partial charge in [-0.1, -0.05) is 19.9 Å². The van der Waals surface area contributed by atoms with Gasteiger partial charge < -0.3 is 10.2 Å². The van der Waals surface area contributed by atoms with Gasteiger partial charge in [0.1, 0.15) is 0 Å². The summed E-state index contributed by atoms with van der Waals surface area (Å²) in [7, 11) is 0. The molecular formula is C22H35NO2. The van der Waals surface area contributed by atoms with E-state index in [4.69, 9.17) is 0 Å². The van der Waals surface area contributed by atoms with Crippen LogP contribution in [0.1, 0.15) is 58.3 Å². The van der Waals surface area contributed by atoms with E-state index < -0.39 is 0 Å². The number of aliphatic hydroxyl groups excluding tert-OH is 2. The minimum absolute atomic E-state index is 0.122. The summed E-state index contributed by atoms with van der Waals surface area (Å²) >= 11 is 0. The number of hydrogen-bond acceptors (Lipinski definition) is 3. The van der Waals surface area contributed by atoms with Gasteiger partial charge in [0.15, 0.2) is 0 Å². The molecule has 1 spiro atoms. The van der Waals surface area contributed by atoms with Crippen molar-refractivity contribution in [3.63, 3.8) is 0 Å². The molecule has 3 heteroatoms. The van der Waals surface area contributed by atoms with Gasteiger partial charge in [-0.2, -0.15) is 0 Å². The lowest BCUT2D eigenvalue weighted by Crippen LogP contribution is -2.68. The molecule has 0 radical (unpaired) electrons. The Morgan fingerprint density at radius 3 is 2.72 bits per heavy atom. The highest BCUT2D eigenvalue weighted by Crippen LogP contribution is 2.73. The van der Waals surface area contributed by atoms with Crippen molar-refractivity contribution >= 4 is 0 Å². The zero-order valence-electron chi connectivity index (χ0n) is 15.8. The number of fused-ring (bicyclic) bond motifs is 1. The Balaban J connectivity index is 1.59. The largest absolute Gasteiger partial charge is 0.395 e. The van der Waals surface area contributed by atoms with Crippen molar-refractivity contribution in [1.82, 2.24) is 4.90 Å². The quantitative estimate of drug-likeness (QED) is 0.755. The third-order valence-corrected chi connectivity index (χ3v) is 9.58. The Morgan fingerprint density at radius 1 is 1.08 bits per heavy atom. The van der Waals surface area contributed by atoms with E-state index in [0.29, 0.717) is 22.7 Å². The molecule has 140 valence electrons. The SMILES string of the molecule is C=C1[C@@H]2CC[C@@H]3[C@@](CC[C@@H]4[C@@]5(C)CCC[C@@]34CN(CCO)C5)(C2)[C@@H]1O. The lowest BCUT2D eigenvalue weighted by Gasteiger charge is -2.69. The highest BCUT2D eigenvalue weighted by molar-refractivity contribution is 5.28. The van der Waals surface area contributed by atoms with Crippen LogP contribution in [0.25, 0.3) is 0 Å². The van der Waals surface area contributed by atoms with Crippen molar-refractivity contribution < 1.29 is 10.2 Å². The van der Waals surface area contributed by atoms with Crippen LogP contribution in [0.15, 0.2) is 12.2 Å². The topological polar surface area (TPSA) is 43.7 Å². The summed E-state index contributed by atoms with van der Waals surface area (Å²) in [6.45, 7) is 10.3. The maximum absolute atomic E-state index is 11.2. The van der Waals surface area contributed by atoms with E-state index in [-0.39, 0.29) is 18.1 Å². The molecule has 7 atom stereocenters. The van der Waals surface area contributed by atoms with Gasteiger partial charge >= 0.3 is 0 Å². The number of piperidine rings is 1. The molecule has 25 heavy (non-hydrogen) atoms. The smallest absolute Gasteiger partial charge is 0.0809 e. The van der Waals surface area contributed by atoms with Crippen molar-refractivity contribution in [2.75, 3.05) is 26.2 Å². The molecule has 1 aliphatic heterocycles. The highest BCUT2D eigenvalue weighted by atomic mass is 16.3. The van der Waals surface area contributed by atoms with Crippen LogP contribution in [0.5, 0.6) is 0 Å². The van der Waals surface area contributed by atoms with Crippen LogP contribution < -0.4 is 0 Å². The van der Waals surface area contributed by atoms with E-state index in [9.17, 15) is 10.2 Å². The van der Waals surface area contributed by atoms with Gasteiger partial charge in [0.25, 0.3) is 0 Å². The number of hydrogen-bond donors (Lipinski definition) is 2. The Bertz CT molecular complexity index is 591. The monoisotopic (exact) mass is 345 g/mol. The molecule has 1 saturated heterocycles. The maximum Gasteiger partial charge on any atom is 0.0809 e. The van der Waals surface area contributed by atoms with Crippen molar-refractivity contribution in [2.24, 2.45) is 34.0 Å². The van der Waals surface area contributed by atoms with Crippen LogP contribution in [0.4, 0.5) is 0 Å². The minimum atomic E-state index is -0.262. The second-order valence-electron chi connectivity index (χ2n) is 10.5. The fraction of sp³-hybridized carbons (Fsp3) is 0.909. The highest BCUT2D eigenvalue weighted by Gasteiger charge is 2.69. The summed E-state index contributed by atoms with van der Waals surface area (Å²) in [5, 5.41) is 20.8. The Kier molecular flexibility index (Phi) is 3.57. The van der Waals surface area contributed by atoms with Gasteiger partial charge in [-0.15, -0.1) is 0 Å². The summed E-state index contributed by atoms with van der Waals surface area (Å²) in [6, 6.07) is 0. The van der Waals surface area contributed by atoms with Crippen molar-refractivity contribution in [2.45, 2.75) is 64.4 Å². The van der Waals surface area contributed by atoms with Gasteiger partial charge in [-0.3, -0.25) is 4.90 Å². The summed E-state index contributed by atoms with van der Waals surface area (Å²) in [6.07, 6.45) is 10.0. The second-order valence-corrected chi connectivity index (χ2v) is 10.5. The molecular weight excluding hydrogens is 310 g/mol. The van der Waals surface area contributed by atoms with Crippen LogP contribution >= 0.6 is 0 Å². The number of rotatable bonds is 2. The van der Waals surface area contributed by atoms with E-state index in [0.717, 1.165) is 31.1 Å². The molecule has 4 aliphatic carbocycles. The molecule has 0 amide bonds. The lowest BCUT2D eigenvalue weighted by molar-refractivity contribution is -0.217. The minimum Gasteiger partial charge on any atom is -0.395 e. The number of β-amino-alcohol motifs (C(OH)–C–C–N with tert-alkyl or cyclic N) is 1. The first kappa shape index (κ1) is 16.8. The van der Waals surface area contributed by atoms with E-state index in [1.165, 1.54) is 51.4 Å². The normalized spacial score (nSPS) is 54.9. The van der Waals surface area contributed by atoms with Crippen molar-refractivity contribution in [3.05, 3.63) is 12.2 Å².